The summed E-state index contributed by atoms with van der Waals surface area (Å²) in [7, 11) is 0. The molecule has 0 radical (unpaired) electrons. The number of carboxylic acids is 1. The minimum atomic E-state index is -1.08. The molecule has 0 saturated carbocycles. The summed E-state index contributed by atoms with van der Waals surface area (Å²) in [6.07, 6.45) is -0.485. The van der Waals surface area contributed by atoms with Crippen molar-refractivity contribution in [1.82, 2.24) is 4.90 Å². The van der Waals surface area contributed by atoms with Crippen LogP contribution in [0.15, 0.2) is 22.7 Å². The summed E-state index contributed by atoms with van der Waals surface area (Å²) >= 11 is 3.19. The number of ether oxygens (including phenoxy) is 1. The van der Waals surface area contributed by atoms with E-state index in [1.165, 1.54) is 23.1 Å². The first kappa shape index (κ1) is 13.8. The Balaban J connectivity index is 2.06. The van der Waals surface area contributed by atoms with Gasteiger partial charge < -0.3 is 14.7 Å². The van der Waals surface area contributed by atoms with E-state index in [4.69, 9.17) is 9.84 Å². The standard InChI is InChI=1S/C12H11BrFNO4/c13-7-1-2-8(14)10(5-7)19-9-3-4-15(12(9)18)6-11(16)17/h1-2,5,9H,3-4,6H2,(H,16,17). The average molecular weight is 332 g/mol. The predicted molar refractivity (Wildman–Crippen MR) is 67.3 cm³/mol. The molecule has 1 aromatic rings. The van der Waals surface area contributed by atoms with E-state index in [9.17, 15) is 14.0 Å². The van der Waals surface area contributed by atoms with Crippen LogP contribution in [0, 0.1) is 5.82 Å². The van der Waals surface area contributed by atoms with Crippen LogP contribution in [0.1, 0.15) is 6.42 Å². The summed E-state index contributed by atoms with van der Waals surface area (Å²) in [5, 5.41) is 8.65. The summed E-state index contributed by atoms with van der Waals surface area (Å²) in [6, 6.07) is 4.19. The molecule has 1 N–H and O–H groups in total. The minimum absolute atomic E-state index is 0.0232. The van der Waals surface area contributed by atoms with Crippen LogP contribution < -0.4 is 4.74 Å². The summed E-state index contributed by atoms with van der Waals surface area (Å²) in [6.45, 7) is -0.0644. The number of carboxylic acid groups (broad SMARTS) is 1. The third kappa shape index (κ3) is 3.23. The van der Waals surface area contributed by atoms with Crippen LogP contribution in [-0.2, 0) is 9.59 Å². The Morgan fingerprint density at radius 3 is 3.00 bits per heavy atom. The molecule has 1 unspecified atom stereocenters. The molecule has 19 heavy (non-hydrogen) atoms. The fourth-order valence-electron chi connectivity index (χ4n) is 1.86. The highest BCUT2D eigenvalue weighted by Crippen LogP contribution is 2.25. The highest BCUT2D eigenvalue weighted by molar-refractivity contribution is 9.10. The van der Waals surface area contributed by atoms with E-state index in [1.54, 1.807) is 0 Å². The number of benzene rings is 1. The van der Waals surface area contributed by atoms with Gasteiger partial charge in [0, 0.05) is 17.4 Å². The van der Waals surface area contributed by atoms with E-state index in [1.807, 2.05) is 0 Å². The van der Waals surface area contributed by atoms with E-state index >= 15 is 0 Å². The Bertz CT molecular complexity index is 522. The number of aliphatic carboxylic acids is 1. The van der Waals surface area contributed by atoms with Crippen LogP contribution in [0.5, 0.6) is 5.75 Å². The second-order valence-electron chi connectivity index (χ2n) is 4.12. The average Bonchev–Trinajstić information content (AvgIpc) is 2.66. The van der Waals surface area contributed by atoms with Crippen molar-refractivity contribution >= 4 is 27.8 Å². The zero-order valence-electron chi connectivity index (χ0n) is 9.81. The molecule has 1 aliphatic heterocycles. The molecule has 1 heterocycles. The van der Waals surface area contributed by atoms with Crippen molar-refractivity contribution in [3.05, 3.63) is 28.5 Å². The van der Waals surface area contributed by atoms with Gasteiger partial charge in [0.2, 0.25) is 0 Å². The van der Waals surface area contributed by atoms with Crippen molar-refractivity contribution in [2.24, 2.45) is 0 Å². The third-order valence-electron chi connectivity index (χ3n) is 2.74. The van der Waals surface area contributed by atoms with Gasteiger partial charge in [-0.25, -0.2) is 4.39 Å². The second kappa shape index (κ2) is 5.56. The molecule has 0 bridgehead atoms. The van der Waals surface area contributed by atoms with Crippen LogP contribution in [0.4, 0.5) is 4.39 Å². The van der Waals surface area contributed by atoms with Crippen molar-refractivity contribution in [3.8, 4) is 5.75 Å². The Hall–Kier alpha value is -1.63. The van der Waals surface area contributed by atoms with Crippen molar-refractivity contribution in [3.63, 3.8) is 0 Å². The monoisotopic (exact) mass is 331 g/mol. The fourth-order valence-corrected chi connectivity index (χ4v) is 2.20. The minimum Gasteiger partial charge on any atom is -0.480 e. The molecule has 2 rings (SSSR count). The van der Waals surface area contributed by atoms with Gasteiger partial charge in [0.25, 0.3) is 5.91 Å². The van der Waals surface area contributed by atoms with Gasteiger partial charge in [0.15, 0.2) is 17.7 Å². The van der Waals surface area contributed by atoms with Crippen LogP contribution in [-0.4, -0.2) is 41.1 Å². The number of likely N-dealkylation sites (tertiary alicyclic amines) is 1. The van der Waals surface area contributed by atoms with Gasteiger partial charge in [0.1, 0.15) is 6.54 Å². The molecule has 1 saturated heterocycles. The number of rotatable bonds is 4. The van der Waals surface area contributed by atoms with E-state index in [0.717, 1.165) is 0 Å². The maximum absolute atomic E-state index is 13.5. The normalized spacial score (nSPS) is 18.7. The maximum Gasteiger partial charge on any atom is 0.323 e. The Kier molecular flexibility index (Phi) is 4.04. The zero-order valence-corrected chi connectivity index (χ0v) is 11.4. The molecule has 1 aromatic carbocycles. The largest absolute Gasteiger partial charge is 0.480 e. The van der Waals surface area contributed by atoms with E-state index < -0.39 is 23.8 Å². The molecule has 5 nitrogen and oxygen atoms in total. The van der Waals surface area contributed by atoms with Crippen LogP contribution in [0.3, 0.4) is 0 Å². The molecule has 1 atom stereocenters. The lowest BCUT2D eigenvalue weighted by Gasteiger charge is -2.15. The number of nitrogens with zero attached hydrogens (tertiary/aromatic N) is 1. The molecule has 0 aliphatic carbocycles. The summed E-state index contributed by atoms with van der Waals surface area (Å²) < 4.78 is 19.5. The molecular formula is C12H11BrFNO4. The molecule has 1 aliphatic rings. The van der Waals surface area contributed by atoms with E-state index in [0.29, 0.717) is 17.4 Å². The highest BCUT2D eigenvalue weighted by atomic mass is 79.9. The first-order valence-electron chi connectivity index (χ1n) is 5.59. The SMILES string of the molecule is O=C(O)CN1CCC(Oc2cc(Br)ccc2F)C1=O. The Morgan fingerprint density at radius 2 is 2.32 bits per heavy atom. The topological polar surface area (TPSA) is 66.8 Å². The van der Waals surface area contributed by atoms with Gasteiger partial charge in [-0.15, -0.1) is 0 Å². The molecule has 7 heteroatoms. The highest BCUT2D eigenvalue weighted by Gasteiger charge is 2.34. The lowest BCUT2D eigenvalue weighted by Crippen LogP contribution is -2.35. The number of carbonyl (C=O) groups is 2. The molecule has 1 amide bonds. The molecular weight excluding hydrogens is 321 g/mol. The molecule has 0 spiro atoms. The van der Waals surface area contributed by atoms with Gasteiger partial charge in [-0.05, 0) is 18.2 Å². The number of hydrogen-bond acceptors (Lipinski definition) is 3. The van der Waals surface area contributed by atoms with Crippen LogP contribution in [0.25, 0.3) is 0 Å². The lowest BCUT2D eigenvalue weighted by molar-refractivity contribution is -0.144. The van der Waals surface area contributed by atoms with Gasteiger partial charge in [-0.2, -0.15) is 0 Å². The lowest BCUT2D eigenvalue weighted by atomic mass is 10.3. The number of carbonyl (C=O) groups excluding carboxylic acids is 1. The first-order valence-corrected chi connectivity index (χ1v) is 6.39. The van der Waals surface area contributed by atoms with Gasteiger partial charge in [-0.3, -0.25) is 9.59 Å². The Morgan fingerprint density at radius 1 is 1.58 bits per heavy atom. The summed E-state index contributed by atoms with van der Waals surface area (Å²) in [5.74, 6) is -2.10. The van der Waals surface area contributed by atoms with Crippen LogP contribution in [0.2, 0.25) is 0 Å². The predicted octanol–water partition coefficient (Wildman–Crippen LogP) is 1.65. The molecule has 0 aromatic heterocycles. The quantitative estimate of drug-likeness (QED) is 0.911. The van der Waals surface area contributed by atoms with Crippen molar-refractivity contribution < 1.29 is 23.8 Å². The number of hydrogen-bond donors (Lipinski definition) is 1. The van der Waals surface area contributed by atoms with Gasteiger partial charge in [-0.1, -0.05) is 15.9 Å². The smallest absolute Gasteiger partial charge is 0.323 e. The summed E-state index contributed by atoms with van der Waals surface area (Å²) in [4.78, 5) is 23.6. The molecule has 102 valence electrons. The number of amides is 1. The van der Waals surface area contributed by atoms with Gasteiger partial charge >= 0.3 is 5.97 Å². The number of halogens is 2. The maximum atomic E-state index is 13.5. The van der Waals surface area contributed by atoms with Crippen LogP contribution >= 0.6 is 15.9 Å². The molecule has 1 fully saturated rings. The second-order valence-corrected chi connectivity index (χ2v) is 5.04. The zero-order chi connectivity index (χ0) is 14.0. The Labute approximate surface area is 117 Å². The van der Waals surface area contributed by atoms with Gasteiger partial charge in [0.05, 0.1) is 0 Å². The third-order valence-corrected chi connectivity index (χ3v) is 3.23. The fraction of sp³-hybridized carbons (Fsp3) is 0.333. The van der Waals surface area contributed by atoms with E-state index in [2.05, 4.69) is 15.9 Å². The summed E-state index contributed by atoms with van der Waals surface area (Å²) in [5.41, 5.74) is 0. The first-order chi connectivity index (χ1) is 8.97. The van der Waals surface area contributed by atoms with E-state index in [-0.39, 0.29) is 12.3 Å². The van der Waals surface area contributed by atoms with Crippen molar-refractivity contribution in [2.75, 3.05) is 13.1 Å². The van der Waals surface area contributed by atoms with Crippen molar-refractivity contribution in [1.29, 1.82) is 0 Å². The van der Waals surface area contributed by atoms with Crippen molar-refractivity contribution in [2.45, 2.75) is 12.5 Å².